The first-order valence-corrected chi connectivity index (χ1v) is 7.04. The Balaban J connectivity index is 2.37. The summed E-state index contributed by atoms with van der Waals surface area (Å²) >= 11 is 1.74. The molecule has 1 saturated heterocycles. The third-order valence-electron chi connectivity index (χ3n) is 3.18. The fraction of sp³-hybridized carbons (Fsp3) is 0.571. The summed E-state index contributed by atoms with van der Waals surface area (Å²) in [4.78, 5) is 0. The number of hydrogen-bond acceptors (Lipinski definition) is 2. The van der Waals surface area contributed by atoms with Crippen LogP contribution < -0.4 is 0 Å². The van der Waals surface area contributed by atoms with Crippen LogP contribution in [0.3, 0.4) is 0 Å². The predicted molar refractivity (Wildman–Crippen MR) is 70.8 cm³/mol. The zero-order chi connectivity index (χ0) is 12.7. The minimum atomic E-state index is -0.890. The van der Waals surface area contributed by atoms with E-state index in [-0.39, 0.29) is 11.2 Å². The molecule has 0 spiro atoms. The van der Waals surface area contributed by atoms with Crippen LogP contribution in [0.2, 0.25) is 0 Å². The van der Waals surface area contributed by atoms with E-state index in [0.717, 1.165) is 16.9 Å². The van der Waals surface area contributed by atoms with E-state index < -0.39 is 5.60 Å². The smallest absolute Gasteiger partial charge is 0.123 e. The first-order valence-electron chi connectivity index (χ1n) is 5.89. The Morgan fingerprint density at radius 1 is 1.24 bits per heavy atom. The molecule has 1 heterocycles. The van der Waals surface area contributed by atoms with Crippen molar-refractivity contribution in [2.45, 2.75) is 32.8 Å². The van der Waals surface area contributed by atoms with Crippen LogP contribution in [0.25, 0.3) is 0 Å². The Morgan fingerprint density at radius 3 is 2.53 bits per heavy atom. The van der Waals surface area contributed by atoms with Crippen molar-refractivity contribution in [3.8, 4) is 0 Å². The first kappa shape index (κ1) is 12.9. The summed E-state index contributed by atoms with van der Waals surface area (Å²) in [5.74, 6) is 1.44. The number of benzene rings is 1. The highest BCUT2D eigenvalue weighted by Crippen LogP contribution is 2.44. The molecule has 1 nitrogen and oxygen atoms in total. The average Bonchev–Trinajstić information content (AvgIpc) is 2.13. The van der Waals surface area contributed by atoms with Crippen molar-refractivity contribution in [3.05, 3.63) is 35.1 Å². The van der Waals surface area contributed by atoms with Crippen LogP contribution in [-0.4, -0.2) is 16.6 Å². The molecule has 1 aliphatic rings. The van der Waals surface area contributed by atoms with Crippen molar-refractivity contribution in [1.82, 2.24) is 0 Å². The van der Waals surface area contributed by atoms with E-state index in [9.17, 15) is 9.50 Å². The Morgan fingerprint density at radius 2 is 1.94 bits per heavy atom. The molecule has 1 aromatic carbocycles. The fourth-order valence-corrected chi connectivity index (χ4v) is 3.94. The van der Waals surface area contributed by atoms with Gasteiger partial charge in [-0.15, -0.1) is 0 Å². The van der Waals surface area contributed by atoms with Gasteiger partial charge in [0.15, 0.2) is 0 Å². The van der Waals surface area contributed by atoms with Crippen molar-refractivity contribution in [3.63, 3.8) is 0 Å². The maximum Gasteiger partial charge on any atom is 0.123 e. The van der Waals surface area contributed by atoms with Crippen LogP contribution in [0.15, 0.2) is 18.2 Å². The molecule has 0 aliphatic carbocycles. The normalized spacial score (nSPS) is 28.1. The molecule has 0 saturated carbocycles. The van der Waals surface area contributed by atoms with Crippen LogP contribution >= 0.6 is 11.8 Å². The molecule has 94 valence electrons. The maximum absolute atomic E-state index is 13.4. The summed E-state index contributed by atoms with van der Waals surface area (Å²) in [6.07, 6.45) is 0.690. The lowest BCUT2D eigenvalue weighted by Crippen LogP contribution is -2.40. The van der Waals surface area contributed by atoms with Gasteiger partial charge in [-0.3, -0.25) is 0 Å². The van der Waals surface area contributed by atoms with Gasteiger partial charge < -0.3 is 5.11 Å². The lowest BCUT2D eigenvalue weighted by Gasteiger charge is -2.41. The molecular weight excluding hydrogens is 235 g/mol. The van der Waals surface area contributed by atoms with Crippen LogP contribution in [0.1, 0.15) is 31.4 Å². The number of aryl methyl sites for hydroxylation is 1. The van der Waals surface area contributed by atoms with Crippen molar-refractivity contribution >= 4 is 11.8 Å². The molecule has 1 unspecified atom stereocenters. The largest absolute Gasteiger partial charge is 0.384 e. The highest BCUT2D eigenvalue weighted by Gasteiger charge is 2.40. The molecule has 0 amide bonds. The Kier molecular flexibility index (Phi) is 3.25. The minimum absolute atomic E-state index is 0.0951. The van der Waals surface area contributed by atoms with Gasteiger partial charge >= 0.3 is 0 Å². The van der Waals surface area contributed by atoms with Gasteiger partial charge in [0.1, 0.15) is 5.82 Å². The summed E-state index contributed by atoms with van der Waals surface area (Å²) < 4.78 is 13.4. The molecule has 0 aromatic heterocycles. The van der Waals surface area contributed by atoms with Gasteiger partial charge in [-0.2, -0.15) is 11.8 Å². The molecule has 2 rings (SSSR count). The molecule has 1 atom stereocenters. The molecule has 1 fully saturated rings. The highest BCUT2D eigenvalue weighted by atomic mass is 32.2. The summed E-state index contributed by atoms with van der Waals surface area (Å²) in [5.41, 5.74) is 0.786. The Hall–Kier alpha value is -0.540. The molecule has 1 aromatic rings. The van der Waals surface area contributed by atoms with Crippen molar-refractivity contribution < 1.29 is 9.50 Å². The van der Waals surface area contributed by atoms with E-state index in [2.05, 4.69) is 13.8 Å². The molecule has 0 bridgehead atoms. The zero-order valence-electron chi connectivity index (χ0n) is 10.6. The van der Waals surface area contributed by atoms with E-state index in [1.54, 1.807) is 11.8 Å². The van der Waals surface area contributed by atoms with Crippen molar-refractivity contribution in [1.29, 1.82) is 0 Å². The lowest BCUT2D eigenvalue weighted by molar-refractivity contribution is 0.0153. The standard InChI is InChI=1S/C14H19FOS/c1-10-4-11(6-12(15)5-10)14(16)7-13(2,3)8-17-9-14/h4-6,16H,7-9H2,1-3H3. The molecular formula is C14H19FOS. The van der Waals surface area contributed by atoms with Crippen LogP contribution in [0.4, 0.5) is 4.39 Å². The van der Waals surface area contributed by atoms with E-state index >= 15 is 0 Å². The molecule has 17 heavy (non-hydrogen) atoms. The number of thioether (sulfide) groups is 1. The van der Waals surface area contributed by atoms with Gasteiger partial charge in [-0.25, -0.2) is 4.39 Å². The van der Waals surface area contributed by atoms with E-state index in [1.807, 2.05) is 13.0 Å². The Labute approximate surface area is 106 Å². The second-order valence-electron chi connectivity index (χ2n) is 5.88. The van der Waals surface area contributed by atoms with Gasteiger partial charge in [0.2, 0.25) is 0 Å². The van der Waals surface area contributed by atoms with Gasteiger partial charge in [0, 0.05) is 5.75 Å². The summed E-state index contributed by atoms with van der Waals surface area (Å²) in [5, 5.41) is 10.7. The van der Waals surface area contributed by atoms with Gasteiger partial charge in [0.25, 0.3) is 0 Å². The van der Waals surface area contributed by atoms with Crippen molar-refractivity contribution in [2.24, 2.45) is 5.41 Å². The second kappa shape index (κ2) is 4.29. The zero-order valence-corrected chi connectivity index (χ0v) is 11.4. The van der Waals surface area contributed by atoms with E-state index in [1.165, 1.54) is 12.1 Å². The quantitative estimate of drug-likeness (QED) is 0.828. The highest BCUT2D eigenvalue weighted by molar-refractivity contribution is 7.99. The summed E-state index contributed by atoms with van der Waals surface area (Å²) in [6, 6.07) is 4.86. The number of halogens is 1. The Bertz CT molecular complexity index is 410. The van der Waals surface area contributed by atoms with Crippen molar-refractivity contribution in [2.75, 3.05) is 11.5 Å². The van der Waals surface area contributed by atoms with E-state index in [0.29, 0.717) is 12.2 Å². The molecule has 1 aliphatic heterocycles. The minimum Gasteiger partial charge on any atom is -0.384 e. The number of aliphatic hydroxyl groups is 1. The maximum atomic E-state index is 13.4. The third kappa shape index (κ3) is 2.83. The lowest BCUT2D eigenvalue weighted by atomic mass is 9.78. The second-order valence-corrected chi connectivity index (χ2v) is 6.87. The SMILES string of the molecule is Cc1cc(F)cc(C2(O)CSCC(C)(C)C2)c1. The van der Waals surface area contributed by atoms with Gasteiger partial charge in [-0.1, -0.05) is 19.9 Å². The monoisotopic (exact) mass is 254 g/mol. The number of hydrogen-bond donors (Lipinski definition) is 1. The fourth-order valence-electron chi connectivity index (χ4n) is 2.58. The molecule has 3 heteroatoms. The van der Waals surface area contributed by atoms with Crippen LogP contribution in [0.5, 0.6) is 0 Å². The third-order valence-corrected chi connectivity index (χ3v) is 4.85. The van der Waals surface area contributed by atoms with E-state index in [4.69, 9.17) is 0 Å². The summed E-state index contributed by atoms with van der Waals surface area (Å²) in [6.45, 7) is 6.16. The predicted octanol–water partition coefficient (Wildman–Crippen LogP) is 3.48. The molecule has 1 N–H and O–H groups in total. The van der Waals surface area contributed by atoms with Crippen LogP contribution in [-0.2, 0) is 5.60 Å². The average molecular weight is 254 g/mol. The number of rotatable bonds is 1. The van der Waals surface area contributed by atoms with Gasteiger partial charge in [-0.05, 0) is 47.8 Å². The van der Waals surface area contributed by atoms with Gasteiger partial charge in [0.05, 0.1) is 5.60 Å². The topological polar surface area (TPSA) is 20.2 Å². The first-order chi connectivity index (χ1) is 7.81. The summed E-state index contributed by atoms with van der Waals surface area (Å²) in [7, 11) is 0. The molecule has 0 radical (unpaired) electrons. The van der Waals surface area contributed by atoms with Crippen LogP contribution in [0, 0.1) is 18.2 Å².